The number of nitrogens with two attached hydrogens (primary N) is 1. The van der Waals surface area contributed by atoms with Crippen molar-refractivity contribution in [2.45, 2.75) is 19.3 Å². The maximum Gasteiger partial charge on any atom is 0.490 e. The van der Waals surface area contributed by atoms with Gasteiger partial charge in [0.25, 0.3) is 11.8 Å². The first kappa shape index (κ1) is 28.5. The summed E-state index contributed by atoms with van der Waals surface area (Å²) in [6, 6.07) is 8.79. The number of carbonyl (C=O) groups excluding carboxylic acids is 2. The predicted octanol–water partition coefficient (Wildman–Crippen LogP) is 4.52. The van der Waals surface area contributed by atoms with Gasteiger partial charge in [-0.15, -0.1) is 0 Å². The number of hydrogen-bond acceptors (Lipinski definition) is 6. The van der Waals surface area contributed by atoms with Crippen LogP contribution in [0.1, 0.15) is 32.0 Å². The largest absolute Gasteiger partial charge is 0.490 e. The summed E-state index contributed by atoms with van der Waals surface area (Å²) in [6.07, 6.45) is -6.95. The molecule has 3 aromatic rings. The second-order valence-corrected chi connectivity index (χ2v) is 7.11. The Morgan fingerprint density at radius 1 is 0.892 bits per heavy atom. The van der Waals surface area contributed by atoms with E-state index in [2.05, 4.69) is 20.6 Å². The quantitative estimate of drug-likeness (QED) is 0.363. The minimum absolute atomic E-state index is 0.00619. The highest BCUT2D eigenvalue weighted by molar-refractivity contribution is 6.08. The Bertz CT molecular complexity index is 1310. The van der Waals surface area contributed by atoms with E-state index >= 15 is 0 Å². The van der Waals surface area contributed by atoms with E-state index in [4.69, 9.17) is 15.6 Å². The van der Waals surface area contributed by atoms with Crippen LogP contribution in [0.25, 0.3) is 0 Å². The van der Waals surface area contributed by atoms with E-state index in [0.717, 1.165) is 12.1 Å². The molecule has 0 aliphatic carbocycles. The van der Waals surface area contributed by atoms with Gasteiger partial charge in [-0.2, -0.15) is 26.3 Å². The first-order chi connectivity index (χ1) is 17.1. The molecule has 2 aromatic carbocycles. The summed E-state index contributed by atoms with van der Waals surface area (Å²) in [4.78, 5) is 41.5. The van der Waals surface area contributed by atoms with Crippen molar-refractivity contribution in [3.63, 3.8) is 0 Å². The number of rotatable bonds is 4. The minimum Gasteiger partial charge on any atom is -0.475 e. The number of amides is 2. The molecule has 0 saturated carbocycles. The number of nitrogens with one attached hydrogen (secondary N) is 2. The van der Waals surface area contributed by atoms with Crippen LogP contribution in [-0.2, 0) is 11.0 Å². The van der Waals surface area contributed by atoms with Crippen LogP contribution < -0.4 is 16.4 Å². The Balaban J connectivity index is 0.000000604. The molecular weight excluding hydrogens is 512 g/mol. The number of carbonyl (C=O) groups is 3. The fraction of sp³-hybridized carbons (Fsp3) is 0.136. The second-order valence-electron chi connectivity index (χ2n) is 7.11. The van der Waals surface area contributed by atoms with Crippen molar-refractivity contribution < 1.29 is 45.8 Å². The zero-order valence-electron chi connectivity index (χ0n) is 18.6. The van der Waals surface area contributed by atoms with Crippen LogP contribution in [0.2, 0.25) is 0 Å². The van der Waals surface area contributed by atoms with E-state index in [9.17, 15) is 35.9 Å². The van der Waals surface area contributed by atoms with Gasteiger partial charge in [0.15, 0.2) is 11.5 Å². The van der Waals surface area contributed by atoms with Gasteiger partial charge in [0.05, 0.1) is 5.56 Å². The smallest absolute Gasteiger partial charge is 0.475 e. The molecule has 0 fully saturated rings. The van der Waals surface area contributed by atoms with E-state index in [1.807, 2.05) is 0 Å². The summed E-state index contributed by atoms with van der Waals surface area (Å²) < 4.78 is 70.3. The molecule has 0 unspecified atom stereocenters. The maximum atomic E-state index is 12.8. The predicted molar refractivity (Wildman–Crippen MR) is 119 cm³/mol. The Hall–Kier alpha value is -4.69. The van der Waals surface area contributed by atoms with Crippen molar-refractivity contribution in [1.82, 2.24) is 9.97 Å². The van der Waals surface area contributed by atoms with E-state index in [-0.39, 0.29) is 22.8 Å². The van der Waals surface area contributed by atoms with Crippen LogP contribution in [0.15, 0.2) is 54.9 Å². The normalized spacial score (nSPS) is 11.1. The SMILES string of the molecule is Cc1ccc(C(=O)Nc2cccc(C(F)(F)F)c2)cc1NC(=O)c1nccnc1N.O=C(O)C(F)(F)F. The highest BCUT2D eigenvalue weighted by Crippen LogP contribution is 2.31. The number of aliphatic carboxylic acids is 1. The monoisotopic (exact) mass is 529 g/mol. The molecule has 1 aromatic heterocycles. The molecule has 5 N–H and O–H groups in total. The average molecular weight is 529 g/mol. The molecule has 0 aliphatic heterocycles. The van der Waals surface area contributed by atoms with E-state index < -0.39 is 35.7 Å². The third kappa shape index (κ3) is 8.19. The minimum atomic E-state index is -5.08. The topological polar surface area (TPSA) is 147 Å². The summed E-state index contributed by atoms with van der Waals surface area (Å²) in [5.41, 5.74) is 5.80. The van der Waals surface area contributed by atoms with Gasteiger partial charge < -0.3 is 21.5 Å². The van der Waals surface area contributed by atoms with Crippen molar-refractivity contribution >= 4 is 35.0 Å². The lowest BCUT2D eigenvalue weighted by atomic mass is 10.1. The van der Waals surface area contributed by atoms with E-state index in [0.29, 0.717) is 11.3 Å². The summed E-state index contributed by atoms with van der Waals surface area (Å²) in [6.45, 7) is 1.71. The fourth-order valence-corrected chi connectivity index (χ4v) is 2.58. The van der Waals surface area contributed by atoms with E-state index in [1.165, 1.54) is 36.7 Å². The zero-order chi connectivity index (χ0) is 28.0. The molecule has 0 atom stereocenters. The molecule has 1 heterocycles. The van der Waals surface area contributed by atoms with Crippen LogP contribution in [0, 0.1) is 6.92 Å². The number of nitrogen functional groups attached to an aromatic ring is 1. The number of nitrogens with zero attached hydrogens (tertiary/aromatic N) is 2. The lowest BCUT2D eigenvalue weighted by Gasteiger charge is -2.12. The number of carboxylic acids is 1. The molecule has 15 heteroatoms. The molecule has 196 valence electrons. The van der Waals surface area contributed by atoms with Crippen LogP contribution in [0.4, 0.5) is 43.5 Å². The third-order valence-corrected chi connectivity index (χ3v) is 4.38. The lowest BCUT2D eigenvalue weighted by molar-refractivity contribution is -0.192. The van der Waals surface area contributed by atoms with Crippen molar-refractivity contribution in [1.29, 1.82) is 0 Å². The Morgan fingerprint density at radius 2 is 1.51 bits per heavy atom. The summed E-state index contributed by atoms with van der Waals surface area (Å²) in [5, 5.41) is 12.1. The van der Waals surface area contributed by atoms with Crippen molar-refractivity contribution in [3.8, 4) is 0 Å². The Labute approximate surface area is 204 Å². The summed E-state index contributed by atoms with van der Waals surface area (Å²) in [5.74, 6) is -4.05. The number of carboxylic acid groups (broad SMARTS) is 1. The average Bonchev–Trinajstić information content (AvgIpc) is 2.80. The number of halogens is 6. The third-order valence-electron chi connectivity index (χ3n) is 4.38. The number of hydrogen-bond donors (Lipinski definition) is 4. The van der Waals surface area contributed by atoms with Gasteiger partial charge in [-0.3, -0.25) is 9.59 Å². The van der Waals surface area contributed by atoms with Gasteiger partial charge >= 0.3 is 18.3 Å². The molecule has 0 aliphatic rings. The van der Waals surface area contributed by atoms with Crippen molar-refractivity contribution in [3.05, 3.63) is 77.2 Å². The van der Waals surface area contributed by atoms with Gasteiger partial charge in [-0.05, 0) is 42.8 Å². The number of aryl methyl sites for hydroxylation is 1. The highest BCUT2D eigenvalue weighted by atomic mass is 19.4. The first-order valence-electron chi connectivity index (χ1n) is 9.86. The van der Waals surface area contributed by atoms with Gasteiger partial charge in [0.1, 0.15) is 0 Å². The Kier molecular flexibility index (Phi) is 8.77. The number of anilines is 3. The molecule has 0 radical (unpaired) electrons. The van der Waals surface area contributed by atoms with Gasteiger partial charge in [-0.25, -0.2) is 14.8 Å². The van der Waals surface area contributed by atoms with Gasteiger partial charge in [0, 0.05) is 29.3 Å². The lowest BCUT2D eigenvalue weighted by Crippen LogP contribution is -2.21. The Morgan fingerprint density at radius 3 is 2.08 bits per heavy atom. The molecule has 0 spiro atoms. The maximum absolute atomic E-state index is 12.8. The zero-order valence-corrected chi connectivity index (χ0v) is 18.6. The van der Waals surface area contributed by atoms with Gasteiger partial charge in [0.2, 0.25) is 0 Å². The molecular formula is C22H17F6N5O4. The fourth-order valence-electron chi connectivity index (χ4n) is 2.58. The van der Waals surface area contributed by atoms with Crippen molar-refractivity contribution in [2.75, 3.05) is 16.4 Å². The molecule has 0 saturated heterocycles. The van der Waals surface area contributed by atoms with Crippen LogP contribution in [0.3, 0.4) is 0 Å². The van der Waals surface area contributed by atoms with Crippen LogP contribution in [-0.4, -0.2) is 39.0 Å². The molecule has 9 nitrogen and oxygen atoms in total. The van der Waals surface area contributed by atoms with Crippen LogP contribution in [0.5, 0.6) is 0 Å². The standard InChI is InChI=1S/C20H16F3N5O2.C2HF3O2/c1-11-5-6-12(9-15(11)28-19(30)16-17(24)26-8-7-25-16)18(29)27-14-4-2-3-13(10-14)20(21,22)23;3-2(4,5)1(6)7/h2-10H,1H3,(H2,24,26)(H,27,29)(H,28,30);(H,6,7). The van der Waals surface area contributed by atoms with Gasteiger partial charge in [-0.1, -0.05) is 12.1 Å². The summed E-state index contributed by atoms with van der Waals surface area (Å²) in [7, 11) is 0. The first-order valence-corrected chi connectivity index (χ1v) is 9.86. The van der Waals surface area contributed by atoms with Crippen LogP contribution >= 0.6 is 0 Å². The number of aromatic nitrogens is 2. The highest BCUT2D eigenvalue weighted by Gasteiger charge is 2.38. The molecule has 2 amide bonds. The number of alkyl halides is 6. The molecule has 0 bridgehead atoms. The molecule has 37 heavy (non-hydrogen) atoms. The number of benzene rings is 2. The molecule has 3 rings (SSSR count). The van der Waals surface area contributed by atoms with Crippen molar-refractivity contribution in [2.24, 2.45) is 0 Å². The second kappa shape index (κ2) is 11.4. The van der Waals surface area contributed by atoms with E-state index in [1.54, 1.807) is 13.0 Å². The summed E-state index contributed by atoms with van der Waals surface area (Å²) >= 11 is 0.